The third-order valence-corrected chi connectivity index (χ3v) is 12.4. The van der Waals surface area contributed by atoms with Crippen LogP contribution in [0.15, 0.2) is 224 Å². The van der Waals surface area contributed by atoms with Crippen molar-refractivity contribution >= 4 is 43.6 Å². The van der Waals surface area contributed by atoms with E-state index in [1.807, 2.05) is 24.3 Å². The summed E-state index contributed by atoms with van der Waals surface area (Å²) in [7, 11) is 0. The van der Waals surface area contributed by atoms with Gasteiger partial charge in [-0.15, -0.1) is 0 Å². The van der Waals surface area contributed by atoms with E-state index in [9.17, 15) is 0 Å². The molecule has 0 unspecified atom stereocenters. The van der Waals surface area contributed by atoms with Crippen molar-refractivity contribution in [2.24, 2.45) is 0 Å². The van der Waals surface area contributed by atoms with E-state index in [0.717, 1.165) is 61.6 Å². The Morgan fingerprint density at radius 2 is 0.778 bits per heavy atom. The molecule has 0 aliphatic heterocycles. The third kappa shape index (κ3) is 6.23. The van der Waals surface area contributed by atoms with Crippen LogP contribution in [0.2, 0.25) is 0 Å². The first kappa shape index (κ1) is 36.5. The Balaban J connectivity index is 1.15. The van der Waals surface area contributed by atoms with Gasteiger partial charge in [0.25, 0.3) is 0 Å². The van der Waals surface area contributed by atoms with Crippen molar-refractivity contribution in [3.63, 3.8) is 0 Å². The molecule has 4 heteroatoms. The fourth-order valence-corrected chi connectivity index (χ4v) is 9.41. The quantitative estimate of drug-likeness (QED) is 0.161. The van der Waals surface area contributed by atoms with Gasteiger partial charge in [-0.2, -0.15) is 0 Å². The molecule has 3 heterocycles. The maximum Gasteiger partial charge on any atom is 0.160 e. The zero-order valence-corrected chi connectivity index (χ0v) is 34.7. The molecule has 0 spiro atoms. The zero-order valence-electron chi connectivity index (χ0n) is 34.7. The molecule has 4 nitrogen and oxygen atoms in total. The molecule has 0 aliphatic rings. The SMILES string of the molecule is Cc1ccc(-c2ccc3c(c2)c2ccccc2n3-c2cc(-c3cc(-c4ccccc4)nc(-c4ccccc4)n3)ccc2-c2ccccc2-n2c3ccccc3c3ccccc32)cc1. The molecular formula is C59H40N4. The molecule has 9 aromatic carbocycles. The summed E-state index contributed by atoms with van der Waals surface area (Å²) in [5.74, 6) is 0.690. The molecular weight excluding hydrogens is 765 g/mol. The standard InChI is InChI=1S/C59H40N4/c1-39-28-30-40(31-29-39)43-33-35-57-50(36-43)48-23-11-15-27-56(48)63(57)58-37-44(52-38-51(41-16-4-2-5-17-41)60-59(61-52)42-18-6-3-7-19-42)32-34-49(58)47-22-10-14-26-55(47)62-53-24-12-8-20-45(53)46-21-9-13-25-54(46)62/h2-38H,1H3. The van der Waals surface area contributed by atoms with E-state index in [2.05, 4.69) is 216 Å². The lowest BCUT2D eigenvalue weighted by atomic mass is 9.97. The van der Waals surface area contributed by atoms with Gasteiger partial charge in [-0.25, -0.2) is 9.97 Å². The Kier molecular flexibility index (Phi) is 8.68. The lowest BCUT2D eigenvalue weighted by Crippen LogP contribution is -2.02. The highest BCUT2D eigenvalue weighted by molar-refractivity contribution is 6.12. The number of fused-ring (bicyclic) bond motifs is 6. The average Bonchev–Trinajstić information content (AvgIpc) is 3.87. The largest absolute Gasteiger partial charge is 0.309 e. The summed E-state index contributed by atoms with van der Waals surface area (Å²) in [5, 5.41) is 4.87. The van der Waals surface area contributed by atoms with E-state index in [4.69, 9.17) is 9.97 Å². The average molecular weight is 805 g/mol. The zero-order chi connectivity index (χ0) is 41.9. The second-order valence-electron chi connectivity index (χ2n) is 16.3. The van der Waals surface area contributed by atoms with Gasteiger partial charge in [0.1, 0.15) is 0 Å². The Morgan fingerprint density at radius 1 is 0.302 bits per heavy atom. The van der Waals surface area contributed by atoms with Crippen molar-refractivity contribution in [2.75, 3.05) is 0 Å². The highest BCUT2D eigenvalue weighted by atomic mass is 15.0. The topological polar surface area (TPSA) is 35.6 Å². The molecule has 63 heavy (non-hydrogen) atoms. The molecule has 12 aromatic rings. The summed E-state index contributed by atoms with van der Waals surface area (Å²) < 4.78 is 4.89. The Labute approximate surface area is 365 Å². The molecule has 0 radical (unpaired) electrons. The predicted molar refractivity (Wildman–Crippen MR) is 263 cm³/mol. The smallest absolute Gasteiger partial charge is 0.160 e. The summed E-state index contributed by atoms with van der Waals surface area (Å²) in [4.78, 5) is 10.4. The minimum Gasteiger partial charge on any atom is -0.309 e. The number of benzene rings is 9. The van der Waals surface area contributed by atoms with Gasteiger partial charge in [-0.05, 0) is 66.6 Å². The number of rotatable bonds is 7. The molecule has 0 N–H and O–H groups in total. The van der Waals surface area contributed by atoms with Crippen molar-refractivity contribution < 1.29 is 0 Å². The maximum absolute atomic E-state index is 5.30. The second kappa shape index (κ2) is 15.0. The van der Waals surface area contributed by atoms with E-state index >= 15 is 0 Å². The number of hydrogen-bond donors (Lipinski definition) is 0. The Hall–Kier alpha value is -8.34. The normalized spacial score (nSPS) is 11.6. The van der Waals surface area contributed by atoms with Crippen molar-refractivity contribution in [1.29, 1.82) is 0 Å². The predicted octanol–water partition coefficient (Wildman–Crippen LogP) is 15.3. The first-order chi connectivity index (χ1) is 31.2. The highest BCUT2D eigenvalue weighted by Crippen LogP contribution is 2.43. The van der Waals surface area contributed by atoms with Crippen LogP contribution in [-0.2, 0) is 0 Å². The minimum atomic E-state index is 0.690. The summed E-state index contributed by atoms with van der Waals surface area (Å²) in [6.45, 7) is 2.14. The van der Waals surface area contributed by atoms with Crippen LogP contribution in [0, 0.1) is 6.92 Å². The fourth-order valence-electron chi connectivity index (χ4n) is 9.41. The number of aromatic nitrogens is 4. The third-order valence-electron chi connectivity index (χ3n) is 12.4. The lowest BCUT2D eigenvalue weighted by Gasteiger charge is -2.20. The Morgan fingerprint density at radius 3 is 1.44 bits per heavy atom. The molecule has 296 valence electrons. The van der Waals surface area contributed by atoms with Crippen LogP contribution >= 0.6 is 0 Å². The second-order valence-corrected chi connectivity index (χ2v) is 16.3. The molecule has 0 atom stereocenters. The fraction of sp³-hybridized carbons (Fsp3) is 0.0169. The highest BCUT2D eigenvalue weighted by Gasteiger charge is 2.22. The number of hydrogen-bond acceptors (Lipinski definition) is 2. The van der Waals surface area contributed by atoms with Crippen molar-refractivity contribution in [3.05, 3.63) is 230 Å². The summed E-state index contributed by atoms with van der Waals surface area (Å²) in [6.07, 6.45) is 0. The first-order valence-corrected chi connectivity index (χ1v) is 21.5. The van der Waals surface area contributed by atoms with Crippen LogP contribution < -0.4 is 0 Å². The van der Waals surface area contributed by atoms with Crippen molar-refractivity contribution in [3.8, 4) is 67.5 Å². The van der Waals surface area contributed by atoms with Crippen LogP contribution in [-0.4, -0.2) is 19.1 Å². The molecule has 0 aliphatic carbocycles. The van der Waals surface area contributed by atoms with E-state index in [-0.39, 0.29) is 0 Å². The first-order valence-electron chi connectivity index (χ1n) is 21.5. The summed E-state index contributed by atoms with van der Waals surface area (Å²) in [5.41, 5.74) is 17.4. The van der Waals surface area contributed by atoms with Gasteiger partial charge in [-0.1, -0.05) is 181 Å². The van der Waals surface area contributed by atoms with E-state index in [1.165, 1.54) is 49.3 Å². The summed E-state index contributed by atoms with van der Waals surface area (Å²) in [6, 6.07) is 80.5. The maximum atomic E-state index is 5.30. The lowest BCUT2D eigenvalue weighted by molar-refractivity contribution is 1.15. The molecule has 0 fully saturated rings. The van der Waals surface area contributed by atoms with Gasteiger partial charge >= 0.3 is 0 Å². The van der Waals surface area contributed by atoms with E-state index < -0.39 is 0 Å². The van der Waals surface area contributed by atoms with Crippen molar-refractivity contribution in [2.45, 2.75) is 6.92 Å². The molecule has 0 bridgehead atoms. The van der Waals surface area contributed by atoms with Gasteiger partial charge in [0, 0.05) is 49.4 Å². The number of para-hydroxylation sites is 4. The molecule has 12 rings (SSSR count). The number of nitrogens with zero attached hydrogens (tertiary/aromatic N) is 4. The van der Waals surface area contributed by atoms with Crippen LogP contribution in [0.5, 0.6) is 0 Å². The van der Waals surface area contributed by atoms with Crippen molar-refractivity contribution in [1.82, 2.24) is 19.1 Å². The van der Waals surface area contributed by atoms with E-state index in [0.29, 0.717) is 5.82 Å². The molecule has 0 amide bonds. The van der Waals surface area contributed by atoms with Crippen LogP contribution in [0.3, 0.4) is 0 Å². The van der Waals surface area contributed by atoms with Gasteiger partial charge in [0.2, 0.25) is 0 Å². The summed E-state index contributed by atoms with van der Waals surface area (Å²) >= 11 is 0. The minimum absolute atomic E-state index is 0.690. The van der Waals surface area contributed by atoms with Crippen LogP contribution in [0.1, 0.15) is 5.56 Å². The van der Waals surface area contributed by atoms with Gasteiger partial charge < -0.3 is 9.13 Å². The van der Waals surface area contributed by atoms with Crippen LogP contribution in [0.4, 0.5) is 0 Å². The monoisotopic (exact) mass is 804 g/mol. The van der Waals surface area contributed by atoms with Gasteiger partial charge in [0.15, 0.2) is 5.82 Å². The Bertz CT molecular complexity index is 3560. The van der Waals surface area contributed by atoms with E-state index in [1.54, 1.807) is 0 Å². The van der Waals surface area contributed by atoms with Crippen LogP contribution in [0.25, 0.3) is 111 Å². The molecule has 3 aromatic heterocycles. The number of aryl methyl sites for hydroxylation is 1. The molecule has 0 saturated heterocycles. The van der Waals surface area contributed by atoms with Gasteiger partial charge in [-0.3, -0.25) is 0 Å². The van der Waals surface area contributed by atoms with Gasteiger partial charge in [0.05, 0.1) is 44.8 Å². The molecule has 0 saturated carbocycles.